The third-order valence-electron chi connectivity index (χ3n) is 5.86. The highest BCUT2D eigenvalue weighted by molar-refractivity contribution is 5.78. The summed E-state index contributed by atoms with van der Waals surface area (Å²) in [7, 11) is 0. The highest BCUT2D eigenvalue weighted by Gasteiger charge is 2.39. The Hall–Kier alpha value is -2.94. The van der Waals surface area contributed by atoms with Gasteiger partial charge in [0, 0.05) is 28.5 Å². The van der Waals surface area contributed by atoms with Gasteiger partial charge in [0.05, 0.1) is 0 Å². The smallest absolute Gasteiger partial charge is 0.122 e. The van der Waals surface area contributed by atoms with Gasteiger partial charge in [0.15, 0.2) is 0 Å². The Morgan fingerprint density at radius 3 is 2.76 bits per heavy atom. The number of hydrogen-bond acceptors (Lipinski definition) is 3. The van der Waals surface area contributed by atoms with Crippen LogP contribution in [0.3, 0.4) is 0 Å². The summed E-state index contributed by atoms with van der Waals surface area (Å²) in [5.41, 5.74) is 11.8. The zero-order valence-corrected chi connectivity index (χ0v) is 13.9. The number of rotatable bonds is 0. The SMILES string of the molecule is CC12C=Cc3ccc4c(c3C1C=CC(O)=C2)C=C(O)C1=C(N)C=CC14. The van der Waals surface area contributed by atoms with Crippen LogP contribution in [0.15, 0.2) is 71.4 Å². The molecule has 25 heavy (non-hydrogen) atoms. The van der Waals surface area contributed by atoms with Crippen molar-refractivity contribution in [2.45, 2.75) is 18.8 Å². The van der Waals surface area contributed by atoms with E-state index in [-0.39, 0.29) is 23.0 Å². The standard InChI is InChI=1S/C22H19NO2/c1-22-9-8-12-2-4-14-15-5-7-18(23)21(15)19(25)10-16(14)20(12)17(22)6-3-13(24)11-22/h2-11,15,17,24-25H,23H2,1H3. The molecule has 3 unspecified atom stereocenters. The first kappa shape index (κ1) is 14.4. The predicted molar refractivity (Wildman–Crippen MR) is 99.9 cm³/mol. The molecule has 0 radical (unpaired) electrons. The van der Waals surface area contributed by atoms with Gasteiger partial charge < -0.3 is 15.9 Å². The second kappa shape index (κ2) is 4.57. The van der Waals surface area contributed by atoms with E-state index in [1.807, 2.05) is 18.2 Å². The molecule has 0 fully saturated rings. The average molecular weight is 329 g/mol. The largest absolute Gasteiger partial charge is 0.508 e. The molecule has 4 aliphatic carbocycles. The van der Waals surface area contributed by atoms with Gasteiger partial charge in [-0.3, -0.25) is 0 Å². The van der Waals surface area contributed by atoms with Gasteiger partial charge in [-0.2, -0.15) is 0 Å². The van der Waals surface area contributed by atoms with Crippen molar-refractivity contribution in [3.63, 3.8) is 0 Å². The Kier molecular flexibility index (Phi) is 2.63. The van der Waals surface area contributed by atoms with Crippen molar-refractivity contribution >= 4 is 12.2 Å². The Labute approximate surface area is 146 Å². The molecule has 0 heterocycles. The summed E-state index contributed by atoms with van der Waals surface area (Å²) in [6.07, 6.45) is 15.8. The van der Waals surface area contributed by atoms with E-state index in [2.05, 4.69) is 43.4 Å². The number of aliphatic hydroxyl groups is 2. The van der Waals surface area contributed by atoms with E-state index < -0.39 is 0 Å². The summed E-state index contributed by atoms with van der Waals surface area (Å²) in [5.74, 6) is 0.684. The quantitative estimate of drug-likeness (QED) is 0.652. The van der Waals surface area contributed by atoms with Gasteiger partial charge in [-0.15, -0.1) is 0 Å². The number of hydrogen-bond donors (Lipinski definition) is 3. The molecule has 0 aromatic heterocycles. The Balaban J connectivity index is 1.78. The molecule has 3 atom stereocenters. The maximum atomic E-state index is 10.6. The molecule has 3 heteroatoms. The van der Waals surface area contributed by atoms with Gasteiger partial charge in [0.1, 0.15) is 11.5 Å². The van der Waals surface area contributed by atoms with Crippen molar-refractivity contribution in [2.75, 3.05) is 0 Å². The van der Waals surface area contributed by atoms with E-state index in [1.165, 1.54) is 11.1 Å². The first-order valence-electron chi connectivity index (χ1n) is 8.53. The van der Waals surface area contributed by atoms with Crippen LogP contribution in [0.5, 0.6) is 0 Å². The summed E-state index contributed by atoms with van der Waals surface area (Å²) in [5, 5.41) is 20.5. The molecule has 5 rings (SSSR count). The molecule has 0 bridgehead atoms. The second-order valence-electron chi connectivity index (χ2n) is 7.41. The third kappa shape index (κ3) is 1.81. The molecule has 1 aromatic rings. The molecule has 0 spiro atoms. The van der Waals surface area contributed by atoms with E-state index >= 15 is 0 Å². The van der Waals surface area contributed by atoms with Gasteiger partial charge >= 0.3 is 0 Å². The lowest BCUT2D eigenvalue weighted by atomic mass is 9.64. The summed E-state index contributed by atoms with van der Waals surface area (Å²) in [6, 6.07) is 4.28. The lowest BCUT2D eigenvalue weighted by Crippen LogP contribution is -2.27. The van der Waals surface area contributed by atoms with Gasteiger partial charge in [-0.25, -0.2) is 0 Å². The predicted octanol–water partition coefficient (Wildman–Crippen LogP) is 4.59. The van der Waals surface area contributed by atoms with E-state index in [1.54, 1.807) is 6.08 Å². The molecule has 3 nitrogen and oxygen atoms in total. The monoisotopic (exact) mass is 329 g/mol. The van der Waals surface area contributed by atoms with Crippen molar-refractivity contribution in [3.05, 3.63) is 93.6 Å². The molecule has 0 aliphatic heterocycles. The molecule has 4 aliphatic rings. The van der Waals surface area contributed by atoms with Crippen LogP contribution in [0.4, 0.5) is 0 Å². The normalized spacial score (nSPS) is 31.1. The summed E-state index contributed by atoms with van der Waals surface area (Å²) in [6.45, 7) is 2.13. The summed E-state index contributed by atoms with van der Waals surface area (Å²) in [4.78, 5) is 0. The first-order chi connectivity index (χ1) is 12.0. The molecule has 0 saturated heterocycles. The molecular weight excluding hydrogens is 310 g/mol. The van der Waals surface area contributed by atoms with Crippen molar-refractivity contribution in [1.29, 1.82) is 0 Å². The summed E-state index contributed by atoms with van der Waals surface area (Å²) >= 11 is 0. The van der Waals surface area contributed by atoms with Gasteiger partial charge in [-0.1, -0.05) is 43.4 Å². The number of allylic oxidation sites excluding steroid dienone is 7. The van der Waals surface area contributed by atoms with Crippen molar-refractivity contribution in [2.24, 2.45) is 11.1 Å². The van der Waals surface area contributed by atoms with Gasteiger partial charge in [-0.05, 0) is 46.6 Å². The lowest BCUT2D eigenvalue weighted by molar-refractivity contribution is 0.387. The van der Waals surface area contributed by atoms with Gasteiger partial charge in [0.2, 0.25) is 0 Å². The zero-order valence-electron chi connectivity index (χ0n) is 13.9. The molecule has 0 saturated carbocycles. The minimum absolute atomic E-state index is 0.0129. The second-order valence-corrected chi connectivity index (χ2v) is 7.41. The minimum Gasteiger partial charge on any atom is -0.508 e. The van der Waals surface area contributed by atoms with Crippen LogP contribution in [-0.2, 0) is 0 Å². The number of fused-ring (bicyclic) bond motifs is 7. The Morgan fingerprint density at radius 1 is 1.08 bits per heavy atom. The van der Waals surface area contributed by atoms with Crippen LogP contribution < -0.4 is 5.73 Å². The number of benzene rings is 1. The van der Waals surface area contributed by atoms with Crippen LogP contribution in [0.1, 0.15) is 41.0 Å². The molecule has 4 N–H and O–H groups in total. The molecule has 1 aromatic carbocycles. The Bertz CT molecular complexity index is 1000. The molecular formula is C22H19NO2. The minimum atomic E-state index is -0.273. The summed E-state index contributed by atoms with van der Waals surface area (Å²) < 4.78 is 0. The molecule has 124 valence electrons. The van der Waals surface area contributed by atoms with Crippen LogP contribution in [-0.4, -0.2) is 10.2 Å². The van der Waals surface area contributed by atoms with Crippen LogP contribution in [0.2, 0.25) is 0 Å². The molecule has 0 amide bonds. The maximum Gasteiger partial charge on any atom is 0.122 e. The van der Waals surface area contributed by atoms with E-state index in [9.17, 15) is 10.2 Å². The lowest BCUT2D eigenvalue weighted by Gasteiger charge is -2.39. The third-order valence-corrected chi connectivity index (χ3v) is 5.86. The van der Waals surface area contributed by atoms with Crippen LogP contribution >= 0.6 is 0 Å². The van der Waals surface area contributed by atoms with E-state index in [0.717, 1.165) is 16.7 Å². The maximum absolute atomic E-state index is 10.6. The zero-order chi connectivity index (χ0) is 17.3. The van der Waals surface area contributed by atoms with Crippen molar-refractivity contribution < 1.29 is 10.2 Å². The van der Waals surface area contributed by atoms with Crippen LogP contribution in [0, 0.1) is 5.41 Å². The van der Waals surface area contributed by atoms with E-state index in [4.69, 9.17) is 5.73 Å². The van der Waals surface area contributed by atoms with Gasteiger partial charge in [0.25, 0.3) is 0 Å². The Morgan fingerprint density at radius 2 is 1.92 bits per heavy atom. The first-order valence-corrected chi connectivity index (χ1v) is 8.53. The van der Waals surface area contributed by atoms with Crippen molar-refractivity contribution in [1.82, 2.24) is 0 Å². The number of aliphatic hydroxyl groups excluding tert-OH is 2. The highest BCUT2D eigenvalue weighted by Crippen LogP contribution is 2.52. The average Bonchev–Trinajstić information content (AvgIpc) is 2.96. The fraction of sp³-hybridized carbons (Fsp3) is 0.182. The fourth-order valence-corrected chi connectivity index (χ4v) is 4.63. The highest BCUT2D eigenvalue weighted by atomic mass is 16.3. The fourth-order valence-electron chi connectivity index (χ4n) is 4.63. The number of nitrogens with two attached hydrogens (primary N) is 1. The van der Waals surface area contributed by atoms with Crippen molar-refractivity contribution in [3.8, 4) is 0 Å². The van der Waals surface area contributed by atoms with E-state index in [0.29, 0.717) is 11.5 Å². The topological polar surface area (TPSA) is 66.5 Å². The van der Waals surface area contributed by atoms with Crippen LogP contribution in [0.25, 0.3) is 12.2 Å².